The van der Waals surface area contributed by atoms with E-state index in [9.17, 15) is 4.79 Å². The summed E-state index contributed by atoms with van der Waals surface area (Å²) in [5.41, 5.74) is 5.64. The predicted molar refractivity (Wildman–Crippen MR) is 75.2 cm³/mol. The molecule has 0 aromatic carbocycles. The number of carbonyl (C=O) groups is 1. The molecule has 2 unspecified atom stereocenters. The first-order valence-corrected chi connectivity index (χ1v) is 7.67. The molecule has 0 heterocycles. The maximum absolute atomic E-state index is 11.8. The van der Waals surface area contributed by atoms with Crippen molar-refractivity contribution in [2.24, 2.45) is 5.73 Å². The molecule has 1 fully saturated rings. The molecule has 1 aliphatic carbocycles. The van der Waals surface area contributed by atoms with Gasteiger partial charge in [-0.3, -0.25) is 4.79 Å². The zero-order chi connectivity index (χ0) is 12.9. The average Bonchev–Trinajstić information content (AvgIpc) is 2.63. The van der Waals surface area contributed by atoms with E-state index in [0.29, 0.717) is 17.7 Å². The third-order valence-corrected chi connectivity index (χ3v) is 4.50. The van der Waals surface area contributed by atoms with Gasteiger partial charge in [0, 0.05) is 23.3 Å². The van der Waals surface area contributed by atoms with Crippen LogP contribution >= 0.6 is 11.8 Å². The lowest BCUT2D eigenvalue weighted by molar-refractivity contribution is -0.122. The summed E-state index contributed by atoms with van der Waals surface area (Å²) in [5.74, 6) is 1.30. The van der Waals surface area contributed by atoms with E-state index in [2.05, 4.69) is 12.2 Å². The van der Waals surface area contributed by atoms with Gasteiger partial charge in [0.2, 0.25) is 5.91 Å². The molecule has 100 valence electrons. The van der Waals surface area contributed by atoms with Crippen LogP contribution in [0.1, 0.15) is 52.9 Å². The van der Waals surface area contributed by atoms with E-state index in [-0.39, 0.29) is 11.4 Å². The standard InChI is InChI=1S/C13H26N2OS/c1-4-17-11-7-5-6-10(11)15-12(16)8-9-13(2,3)14/h10-11H,4-9,14H2,1-3H3,(H,15,16). The van der Waals surface area contributed by atoms with Gasteiger partial charge < -0.3 is 11.1 Å². The van der Waals surface area contributed by atoms with E-state index in [4.69, 9.17) is 5.73 Å². The maximum atomic E-state index is 11.8. The quantitative estimate of drug-likeness (QED) is 0.768. The number of rotatable bonds is 6. The van der Waals surface area contributed by atoms with Crippen LogP contribution in [0.3, 0.4) is 0 Å². The molecule has 1 saturated carbocycles. The van der Waals surface area contributed by atoms with E-state index in [1.54, 1.807) is 0 Å². The molecule has 0 aromatic heterocycles. The summed E-state index contributed by atoms with van der Waals surface area (Å²) in [5, 5.41) is 3.79. The number of thioether (sulfide) groups is 1. The highest BCUT2D eigenvalue weighted by atomic mass is 32.2. The maximum Gasteiger partial charge on any atom is 0.220 e. The number of nitrogens with one attached hydrogen (secondary N) is 1. The van der Waals surface area contributed by atoms with Crippen molar-refractivity contribution in [3.8, 4) is 0 Å². The summed E-state index contributed by atoms with van der Waals surface area (Å²) in [7, 11) is 0. The Labute approximate surface area is 109 Å². The molecule has 4 heteroatoms. The minimum atomic E-state index is -0.245. The highest BCUT2D eigenvalue weighted by molar-refractivity contribution is 7.99. The molecule has 17 heavy (non-hydrogen) atoms. The third kappa shape index (κ3) is 5.77. The van der Waals surface area contributed by atoms with E-state index in [1.165, 1.54) is 12.8 Å². The van der Waals surface area contributed by atoms with E-state index < -0.39 is 0 Å². The number of carbonyl (C=O) groups excluding carboxylic acids is 1. The number of hydrogen-bond donors (Lipinski definition) is 2. The molecule has 0 aromatic rings. The van der Waals surface area contributed by atoms with Gasteiger partial charge >= 0.3 is 0 Å². The van der Waals surface area contributed by atoms with Crippen molar-refractivity contribution in [2.75, 3.05) is 5.75 Å². The summed E-state index contributed by atoms with van der Waals surface area (Å²) in [6.07, 6.45) is 4.91. The molecule has 0 bridgehead atoms. The zero-order valence-corrected chi connectivity index (χ0v) is 12.1. The molecule has 0 aliphatic heterocycles. The molecule has 0 radical (unpaired) electrons. The van der Waals surface area contributed by atoms with Crippen LogP contribution in [0.15, 0.2) is 0 Å². The highest BCUT2D eigenvalue weighted by Crippen LogP contribution is 2.29. The lowest BCUT2D eigenvalue weighted by atomic mass is 10.00. The molecular weight excluding hydrogens is 232 g/mol. The van der Waals surface area contributed by atoms with Crippen LogP contribution in [0.25, 0.3) is 0 Å². The Morgan fingerprint density at radius 1 is 1.47 bits per heavy atom. The van der Waals surface area contributed by atoms with E-state index in [1.807, 2.05) is 25.6 Å². The summed E-state index contributed by atoms with van der Waals surface area (Å²) in [6.45, 7) is 6.11. The molecule has 2 atom stereocenters. The number of nitrogens with two attached hydrogens (primary N) is 1. The second-order valence-electron chi connectivity index (χ2n) is 5.59. The Kier molecular flexibility index (Phi) is 5.80. The lowest BCUT2D eigenvalue weighted by Gasteiger charge is -2.22. The third-order valence-electron chi connectivity index (χ3n) is 3.18. The summed E-state index contributed by atoms with van der Waals surface area (Å²) >= 11 is 1.97. The van der Waals surface area contributed by atoms with Crippen LogP contribution in [0, 0.1) is 0 Å². The summed E-state index contributed by atoms with van der Waals surface area (Å²) < 4.78 is 0. The van der Waals surface area contributed by atoms with Crippen molar-refractivity contribution in [3.63, 3.8) is 0 Å². The topological polar surface area (TPSA) is 55.1 Å². The molecule has 1 aliphatic rings. The van der Waals surface area contributed by atoms with Crippen molar-refractivity contribution in [3.05, 3.63) is 0 Å². The van der Waals surface area contributed by atoms with Crippen LogP contribution in [0.2, 0.25) is 0 Å². The first-order chi connectivity index (χ1) is 7.92. The van der Waals surface area contributed by atoms with Gasteiger partial charge in [0.15, 0.2) is 0 Å². The number of hydrogen-bond acceptors (Lipinski definition) is 3. The summed E-state index contributed by atoms with van der Waals surface area (Å²) in [6, 6.07) is 0.383. The highest BCUT2D eigenvalue weighted by Gasteiger charge is 2.28. The van der Waals surface area contributed by atoms with E-state index in [0.717, 1.165) is 18.6 Å². The summed E-state index contributed by atoms with van der Waals surface area (Å²) in [4.78, 5) is 11.8. The molecule has 0 spiro atoms. The molecule has 3 nitrogen and oxygen atoms in total. The Morgan fingerprint density at radius 3 is 2.76 bits per heavy atom. The van der Waals surface area contributed by atoms with Gasteiger partial charge in [-0.25, -0.2) is 0 Å². The Morgan fingerprint density at radius 2 is 2.18 bits per heavy atom. The molecule has 1 amide bonds. The largest absolute Gasteiger partial charge is 0.352 e. The predicted octanol–water partition coefficient (Wildman–Crippen LogP) is 2.29. The zero-order valence-electron chi connectivity index (χ0n) is 11.3. The second kappa shape index (κ2) is 6.64. The molecule has 0 saturated heterocycles. The van der Waals surface area contributed by atoms with Crippen molar-refractivity contribution < 1.29 is 4.79 Å². The van der Waals surface area contributed by atoms with Gasteiger partial charge in [-0.2, -0.15) is 11.8 Å². The Bertz CT molecular complexity index is 250. The van der Waals surface area contributed by atoms with Gasteiger partial charge in [0.1, 0.15) is 0 Å². The van der Waals surface area contributed by atoms with Crippen molar-refractivity contribution in [2.45, 2.75) is 69.7 Å². The second-order valence-corrected chi connectivity index (χ2v) is 7.10. The van der Waals surface area contributed by atoms with Crippen LogP contribution in [-0.2, 0) is 4.79 Å². The van der Waals surface area contributed by atoms with Gasteiger partial charge in [-0.05, 0) is 38.9 Å². The smallest absolute Gasteiger partial charge is 0.220 e. The van der Waals surface area contributed by atoms with Crippen LogP contribution in [0.4, 0.5) is 0 Å². The van der Waals surface area contributed by atoms with Crippen molar-refractivity contribution in [1.82, 2.24) is 5.32 Å². The molecular formula is C13H26N2OS. The monoisotopic (exact) mass is 258 g/mol. The van der Waals surface area contributed by atoms with Crippen molar-refractivity contribution in [1.29, 1.82) is 0 Å². The molecule has 3 N–H and O–H groups in total. The fourth-order valence-electron chi connectivity index (χ4n) is 2.22. The first-order valence-electron chi connectivity index (χ1n) is 6.62. The van der Waals surface area contributed by atoms with Crippen LogP contribution in [0.5, 0.6) is 0 Å². The molecule has 1 rings (SSSR count). The van der Waals surface area contributed by atoms with Gasteiger partial charge in [-0.1, -0.05) is 13.3 Å². The fraction of sp³-hybridized carbons (Fsp3) is 0.923. The fourth-order valence-corrected chi connectivity index (χ4v) is 3.42. The Balaban J connectivity index is 2.30. The minimum Gasteiger partial charge on any atom is -0.352 e. The van der Waals surface area contributed by atoms with Crippen LogP contribution < -0.4 is 11.1 Å². The van der Waals surface area contributed by atoms with E-state index >= 15 is 0 Å². The number of amides is 1. The van der Waals surface area contributed by atoms with Gasteiger partial charge in [0.05, 0.1) is 0 Å². The van der Waals surface area contributed by atoms with Gasteiger partial charge in [-0.15, -0.1) is 0 Å². The minimum absolute atomic E-state index is 0.164. The Hall–Kier alpha value is -0.220. The normalized spacial score (nSPS) is 24.9. The average molecular weight is 258 g/mol. The van der Waals surface area contributed by atoms with Crippen LogP contribution in [-0.4, -0.2) is 28.5 Å². The van der Waals surface area contributed by atoms with Crippen molar-refractivity contribution >= 4 is 17.7 Å². The first kappa shape index (κ1) is 14.8. The lowest BCUT2D eigenvalue weighted by Crippen LogP contribution is -2.40. The van der Waals surface area contributed by atoms with Gasteiger partial charge in [0.25, 0.3) is 0 Å². The SMILES string of the molecule is CCSC1CCCC1NC(=O)CCC(C)(C)N.